The Kier molecular flexibility index (Phi) is 5.76. The number of hydrogen-bond donors (Lipinski definition) is 3. The Hall–Kier alpha value is -2.87. The van der Waals surface area contributed by atoms with Crippen LogP contribution in [0, 0.1) is 6.92 Å². The number of rotatable bonds is 5. The van der Waals surface area contributed by atoms with Gasteiger partial charge in [-0.25, -0.2) is 14.6 Å². The first-order chi connectivity index (χ1) is 14.4. The molecule has 3 N–H and O–H groups in total. The van der Waals surface area contributed by atoms with Crippen molar-refractivity contribution in [2.24, 2.45) is 0 Å². The summed E-state index contributed by atoms with van der Waals surface area (Å²) in [6.07, 6.45) is 3.52. The van der Waals surface area contributed by atoms with E-state index >= 15 is 0 Å². The number of fused-ring (bicyclic) bond motifs is 1. The molecule has 2 atom stereocenters. The predicted molar refractivity (Wildman–Crippen MR) is 117 cm³/mol. The average molecular weight is 427 g/mol. The number of carbonyl (C=O) groups excluding carboxylic acids is 1. The molecule has 3 heterocycles. The molecule has 7 nitrogen and oxygen atoms in total. The lowest BCUT2D eigenvalue weighted by atomic mass is 9.93. The molecule has 8 heteroatoms. The van der Waals surface area contributed by atoms with Crippen LogP contribution in [0.25, 0.3) is 10.9 Å². The summed E-state index contributed by atoms with van der Waals surface area (Å²) in [6.45, 7) is 5.03. The molecule has 1 aromatic carbocycles. The van der Waals surface area contributed by atoms with Gasteiger partial charge in [0.1, 0.15) is 6.04 Å². The van der Waals surface area contributed by atoms with Crippen LogP contribution in [-0.4, -0.2) is 51.1 Å². The fourth-order valence-corrected chi connectivity index (χ4v) is 5.13. The Morgan fingerprint density at radius 2 is 2.03 bits per heavy atom. The number of carboxylic acid groups (broad SMARTS) is 1. The second-order valence-corrected chi connectivity index (χ2v) is 8.82. The lowest BCUT2D eigenvalue weighted by Crippen LogP contribution is -2.51. The van der Waals surface area contributed by atoms with Gasteiger partial charge in [0.15, 0.2) is 0 Å². The van der Waals surface area contributed by atoms with E-state index in [-0.39, 0.29) is 11.9 Å². The number of aromatic nitrogens is 2. The molecule has 0 aliphatic carbocycles. The van der Waals surface area contributed by atoms with E-state index in [2.05, 4.69) is 20.7 Å². The maximum Gasteiger partial charge on any atom is 0.326 e. The summed E-state index contributed by atoms with van der Waals surface area (Å²) < 4.78 is 0. The SMILES string of the molecule is Cc1csc(C2CCN(C(=O)N[C@@H](C(=O)O)[C@@H](C)c3c[nH]c4ccccc34)CC2)n1. The molecule has 3 aromatic rings. The van der Waals surface area contributed by atoms with Crippen molar-refractivity contribution in [1.29, 1.82) is 0 Å². The van der Waals surface area contributed by atoms with Gasteiger partial charge in [-0.2, -0.15) is 0 Å². The molecule has 1 aliphatic heterocycles. The van der Waals surface area contributed by atoms with Crippen molar-refractivity contribution in [1.82, 2.24) is 20.2 Å². The van der Waals surface area contributed by atoms with Crippen molar-refractivity contribution in [2.45, 2.75) is 44.6 Å². The first kappa shape index (κ1) is 20.4. The van der Waals surface area contributed by atoms with Crippen molar-refractivity contribution in [3.05, 3.63) is 52.1 Å². The third-order valence-corrected chi connectivity index (χ3v) is 7.05. The lowest BCUT2D eigenvalue weighted by Gasteiger charge is -2.32. The van der Waals surface area contributed by atoms with Gasteiger partial charge in [-0.3, -0.25) is 0 Å². The van der Waals surface area contributed by atoms with Crippen LogP contribution in [-0.2, 0) is 4.79 Å². The van der Waals surface area contributed by atoms with Crippen LogP contribution in [0.2, 0.25) is 0 Å². The van der Waals surface area contributed by atoms with Gasteiger partial charge in [-0.1, -0.05) is 25.1 Å². The van der Waals surface area contributed by atoms with Crippen LogP contribution in [0.1, 0.15) is 47.9 Å². The second-order valence-electron chi connectivity index (χ2n) is 7.93. The Morgan fingerprint density at radius 3 is 2.70 bits per heavy atom. The van der Waals surface area contributed by atoms with Crippen molar-refractivity contribution in [3.8, 4) is 0 Å². The molecule has 2 amide bonds. The molecule has 0 saturated carbocycles. The van der Waals surface area contributed by atoms with Gasteiger partial charge in [0, 0.05) is 53.1 Å². The number of amides is 2. The number of thiazole rings is 1. The number of aromatic amines is 1. The summed E-state index contributed by atoms with van der Waals surface area (Å²) in [5.41, 5.74) is 2.87. The quantitative estimate of drug-likeness (QED) is 0.572. The van der Waals surface area contributed by atoms with Gasteiger partial charge >= 0.3 is 12.0 Å². The number of nitrogens with one attached hydrogen (secondary N) is 2. The first-order valence-corrected chi connectivity index (χ1v) is 11.1. The number of H-pyrrole nitrogens is 1. The van der Waals surface area contributed by atoms with E-state index in [4.69, 9.17) is 0 Å². The standard InChI is InChI=1S/C22H26N4O3S/c1-13-12-30-20(24-13)15-7-9-26(10-8-15)22(29)25-19(21(27)28)14(2)17-11-23-18-6-4-3-5-16(17)18/h3-6,11-12,14-15,19,23H,7-10H2,1-2H3,(H,25,29)(H,27,28)/t14-,19+/m0/s1. The van der Waals surface area contributed by atoms with Gasteiger partial charge in [0.2, 0.25) is 0 Å². The zero-order chi connectivity index (χ0) is 21.3. The maximum atomic E-state index is 12.8. The highest BCUT2D eigenvalue weighted by molar-refractivity contribution is 7.09. The highest BCUT2D eigenvalue weighted by Gasteiger charge is 2.32. The summed E-state index contributed by atoms with van der Waals surface area (Å²) in [5, 5.41) is 16.7. The number of urea groups is 1. The molecule has 1 fully saturated rings. The number of likely N-dealkylation sites (tertiary alicyclic amines) is 1. The Labute approximate surface area is 179 Å². The van der Waals surface area contributed by atoms with E-state index < -0.39 is 12.0 Å². The number of carboxylic acids is 1. The number of nitrogens with zero attached hydrogens (tertiary/aromatic N) is 2. The molecule has 158 valence electrons. The molecule has 0 radical (unpaired) electrons. The Balaban J connectivity index is 1.42. The number of piperidine rings is 1. The van der Waals surface area contributed by atoms with E-state index in [1.165, 1.54) is 0 Å². The number of aryl methyl sites for hydroxylation is 1. The third kappa shape index (κ3) is 4.05. The first-order valence-electron chi connectivity index (χ1n) is 10.2. The number of aliphatic carboxylic acids is 1. The van der Waals surface area contributed by atoms with Crippen LogP contribution < -0.4 is 5.32 Å². The van der Waals surface area contributed by atoms with Gasteiger partial charge in [-0.15, -0.1) is 11.3 Å². The third-order valence-electron chi connectivity index (χ3n) is 5.93. The second kappa shape index (κ2) is 8.47. The molecule has 30 heavy (non-hydrogen) atoms. The monoisotopic (exact) mass is 426 g/mol. The molecule has 4 rings (SSSR count). The molecule has 0 bridgehead atoms. The van der Waals surface area contributed by atoms with E-state index in [9.17, 15) is 14.7 Å². The lowest BCUT2D eigenvalue weighted by molar-refractivity contribution is -0.139. The average Bonchev–Trinajstić information content (AvgIpc) is 3.37. The normalized spacial score (nSPS) is 17.1. The molecular formula is C22H26N4O3S. The minimum Gasteiger partial charge on any atom is -0.480 e. The number of hydrogen-bond acceptors (Lipinski definition) is 4. The van der Waals surface area contributed by atoms with Crippen molar-refractivity contribution in [3.63, 3.8) is 0 Å². The zero-order valence-electron chi connectivity index (χ0n) is 17.1. The fourth-order valence-electron chi connectivity index (χ4n) is 4.16. The van der Waals surface area contributed by atoms with Crippen molar-refractivity contribution >= 4 is 34.2 Å². The van der Waals surface area contributed by atoms with Crippen LogP contribution >= 0.6 is 11.3 Å². The van der Waals surface area contributed by atoms with E-state index in [1.807, 2.05) is 44.3 Å². The highest BCUT2D eigenvalue weighted by atomic mass is 32.1. The Morgan fingerprint density at radius 1 is 1.30 bits per heavy atom. The maximum absolute atomic E-state index is 12.8. The molecular weight excluding hydrogens is 400 g/mol. The summed E-state index contributed by atoms with van der Waals surface area (Å²) in [4.78, 5) is 34.3. The van der Waals surface area contributed by atoms with Crippen molar-refractivity contribution in [2.75, 3.05) is 13.1 Å². The van der Waals surface area contributed by atoms with Crippen LogP contribution in [0.15, 0.2) is 35.8 Å². The minimum atomic E-state index is -1.03. The fraction of sp³-hybridized carbons (Fsp3) is 0.409. The van der Waals surface area contributed by atoms with Crippen LogP contribution in [0.4, 0.5) is 4.79 Å². The van der Waals surface area contributed by atoms with Gasteiger partial charge in [-0.05, 0) is 31.4 Å². The Bertz CT molecular complexity index is 1050. The van der Waals surface area contributed by atoms with Gasteiger partial charge in [0.05, 0.1) is 5.01 Å². The van der Waals surface area contributed by atoms with Crippen molar-refractivity contribution < 1.29 is 14.7 Å². The topological polar surface area (TPSA) is 98.3 Å². The summed E-state index contributed by atoms with van der Waals surface area (Å²) in [5.74, 6) is -1.04. The zero-order valence-corrected chi connectivity index (χ0v) is 17.9. The molecule has 1 aliphatic rings. The largest absolute Gasteiger partial charge is 0.480 e. The highest BCUT2D eigenvalue weighted by Crippen LogP contribution is 2.31. The van der Waals surface area contributed by atoms with E-state index in [0.717, 1.165) is 40.0 Å². The number of carbonyl (C=O) groups is 2. The summed E-state index contributed by atoms with van der Waals surface area (Å²) in [7, 11) is 0. The summed E-state index contributed by atoms with van der Waals surface area (Å²) in [6, 6.07) is 6.45. The molecule has 0 spiro atoms. The number of para-hydroxylation sites is 1. The molecule has 0 unspecified atom stereocenters. The predicted octanol–water partition coefficient (Wildman–Crippen LogP) is 4.08. The smallest absolute Gasteiger partial charge is 0.326 e. The van der Waals surface area contributed by atoms with E-state index in [0.29, 0.717) is 19.0 Å². The van der Waals surface area contributed by atoms with Crippen LogP contribution in [0.5, 0.6) is 0 Å². The van der Waals surface area contributed by atoms with E-state index in [1.54, 1.807) is 16.2 Å². The molecule has 2 aromatic heterocycles. The van der Waals surface area contributed by atoms with Gasteiger partial charge in [0.25, 0.3) is 0 Å². The van der Waals surface area contributed by atoms with Crippen LogP contribution in [0.3, 0.4) is 0 Å². The molecule has 1 saturated heterocycles. The summed E-state index contributed by atoms with van der Waals surface area (Å²) >= 11 is 1.67. The number of benzene rings is 1. The van der Waals surface area contributed by atoms with Gasteiger partial charge < -0.3 is 20.3 Å². The minimum absolute atomic E-state index is 0.317.